The van der Waals surface area contributed by atoms with Gasteiger partial charge in [-0.15, -0.1) is 23.1 Å². The van der Waals surface area contributed by atoms with Crippen molar-refractivity contribution in [1.29, 1.82) is 0 Å². The molecule has 8 heteroatoms. The maximum atomic E-state index is 11.7. The van der Waals surface area contributed by atoms with Gasteiger partial charge in [-0.2, -0.15) is 0 Å². The van der Waals surface area contributed by atoms with Gasteiger partial charge >= 0.3 is 0 Å². The van der Waals surface area contributed by atoms with Crippen molar-refractivity contribution < 1.29 is 9.59 Å². The van der Waals surface area contributed by atoms with Crippen molar-refractivity contribution in [3.8, 4) is 0 Å². The number of nitrogens with one attached hydrogen (secondary N) is 2. The van der Waals surface area contributed by atoms with Crippen molar-refractivity contribution in [2.45, 2.75) is 4.90 Å². The number of anilines is 1. The Morgan fingerprint density at radius 1 is 1.29 bits per heavy atom. The van der Waals surface area contributed by atoms with Crippen molar-refractivity contribution in [1.82, 2.24) is 10.9 Å². The highest BCUT2D eigenvalue weighted by Crippen LogP contribution is 2.27. The summed E-state index contributed by atoms with van der Waals surface area (Å²) in [5.74, 6) is -0.472. The molecule has 1 aromatic heterocycles. The zero-order valence-corrected chi connectivity index (χ0v) is 14.0. The number of halogens is 1. The SMILES string of the molecule is Nc1ccc(Br)cc1SCC(=O)NNC(=O)c1cccs1. The van der Waals surface area contributed by atoms with Crippen LogP contribution in [0.5, 0.6) is 0 Å². The molecule has 0 aliphatic carbocycles. The molecule has 0 fully saturated rings. The van der Waals surface area contributed by atoms with Crippen LogP contribution in [-0.4, -0.2) is 17.6 Å². The number of hydrogen-bond acceptors (Lipinski definition) is 5. The van der Waals surface area contributed by atoms with E-state index in [2.05, 4.69) is 26.8 Å². The maximum absolute atomic E-state index is 11.7. The molecule has 110 valence electrons. The van der Waals surface area contributed by atoms with Crippen molar-refractivity contribution in [2.24, 2.45) is 0 Å². The van der Waals surface area contributed by atoms with Gasteiger partial charge in [0, 0.05) is 15.1 Å². The van der Waals surface area contributed by atoms with Crippen LogP contribution in [0.2, 0.25) is 0 Å². The Kier molecular flexibility index (Phi) is 5.66. The van der Waals surface area contributed by atoms with Gasteiger partial charge in [-0.1, -0.05) is 22.0 Å². The molecule has 0 saturated carbocycles. The Morgan fingerprint density at radius 3 is 2.81 bits per heavy atom. The Balaban J connectivity index is 1.80. The molecule has 2 aromatic rings. The van der Waals surface area contributed by atoms with E-state index >= 15 is 0 Å². The number of hydrogen-bond donors (Lipinski definition) is 3. The Bertz CT molecular complexity index is 647. The summed E-state index contributed by atoms with van der Waals surface area (Å²) in [5, 5.41) is 1.79. The summed E-state index contributed by atoms with van der Waals surface area (Å²) in [5.41, 5.74) is 11.2. The fourth-order valence-electron chi connectivity index (χ4n) is 1.41. The van der Waals surface area contributed by atoms with Gasteiger partial charge in [0.25, 0.3) is 5.91 Å². The number of thioether (sulfide) groups is 1. The van der Waals surface area contributed by atoms with Crippen LogP contribution in [-0.2, 0) is 4.79 Å². The molecule has 21 heavy (non-hydrogen) atoms. The largest absolute Gasteiger partial charge is 0.398 e. The lowest BCUT2D eigenvalue weighted by atomic mass is 10.3. The van der Waals surface area contributed by atoms with E-state index in [4.69, 9.17) is 5.73 Å². The number of nitrogens with two attached hydrogens (primary N) is 1. The molecule has 0 aliphatic heterocycles. The number of rotatable bonds is 4. The predicted molar refractivity (Wildman–Crippen MR) is 89.2 cm³/mol. The van der Waals surface area contributed by atoms with Crippen LogP contribution in [0.4, 0.5) is 5.69 Å². The molecule has 5 nitrogen and oxygen atoms in total. The van der Waals surface area contributed by atoms with Crippen molar-refractivity contribution >= 4 is 56.5 Å². The zero-order valence-electron chi connectivity index (χ0n) is 10.8. The monoisotopic (exact) mass is 385 g/mol. The van der Waals surface area contributed by atoms with E-state index in [-0.39, 0.29) is 17.6 Å². The molecule has 0 radical (unpaired) electrons. The number of hydrazine groups is 1. The van der Waals surface area contributed by atoms with Crippen LogP contribution in [0, 0.1) is 0 Å². The average Bonchev–Trinajstić information content (AvgIpc) is 3.00. The number of carbonyl (C=O) groups is 2. The minimum absolute atomic E-state index is 0.158. The molecular formula is C13H12BrN3O2S2. The highest BCUT2D eigenvalue weighted by Gasteiger charge is 2.09. The number of nitrogen functional groups attached to an aromatic ring is 1. The quantitative estimate of drug-likeness (QED) is 0.429. The third kappa shape index (κ3) is 4.76. The fraction of sp³-hybridized carbons (Fsp3) is 0.0769. The molecule has 2 rings (SSSR count). The highest BCUT2D eigenvalue weighted by atomic mass is 79.9. The van der Waals surface area contributed by atoms with Gasteiger partial charge in [-0.05, 0) is 29.6 Å². The zero-order chi connectivity index (χ0) is 15.2. The van der Waals surface area contributed by atoms with E-state index < -0.39 is 0 Å². The van der Waals surface area contributed by atoms with Gasteiger partial charge in [0.2, 0.25) is 5.91 Å². The van der Waals surface area contributed by atoms with Crippen LogP contribution in [0.1, 0.15) is 9.67 Å². The summed E-state index contributed by atoms with van der Waals surface area (Å²) in [7, 11) is 0. The summed E-state index contributed by atoms with van der Waals surface area (Å²) in [6.07, 6.45) is 0. The maximum Gasteiger partial charge on any atom is 0.279 e. The predicted octanol–water partition coefficient (Wildman–Crippen LogP) is 2.65. The van der Waals surface area contributed by atoms with E-state index in [0.717, 1.165) is 9.37 Å². The van der Waals surface area contributed by atoms with Crippen LogP contribution in [0.15, 0.2) is 45.1 Å². The molecule has 0 bridgehead atoms. The minimum atomic E-state index is -0.328. The molecule has 1 aromatic carbocycles. The van der Waals surface area contributed by atoms with E-state index in [1.165, 1.54) is 23.1 Å². The molecule has 0 aliphatic rings. The summed E-state index contributed by atoms with van der Waals surface area (Å²) in [6, 6.07) is 8.90. The minimum Gasteiger partial charge on any atom is -0.398 e. The topological polar surface area (TPSA) is 84.2 Å². The van der Waals surface area contributed by atoms with Gasteiger partial charge in [0.15, 0.2) is 0 Å². The molecule has 1 heterocycles. The number of thiophene rings is 1. The summed E-state index contributed by atoms with van der Waals surface area (Å²) >= 11 is 5.96. The van der Waals surface area contributed by atoms with E-state index in [9.17, 15) is 9.59 Å². The van der Waals surface area contributed by atoms with Crippen LogP contribution < -0.4 is 16.6 Å². The van der Waals surface area contributed by atoms with Gasteiger partial charge in [-0.3, -0.25) is 20.4 Å². The van der Waals surface area contributed by atoms with Gasteiger partial charge < -0.3 is 5.73 Å². The van der Waals surface area contributed by atoms with Crippen molar-refractivity contribution in [2.75, 3.05) is 11.5 Å². The molecule has 4 N–H and O–H groups in total. The standard InChI is InChI=1S/C13H12BrN3O2S2/c14-8-3-4-9(15)11(6-8)21-7-12(18)16-17-13(19)10-2-1-5-20-10/h1-6H,7,15H2,(H,16,18)(H,17,19). The lowest BCUT2D eigenvalue weighted by molar-refractivity contribution is -0.119. The first-order chi connectivity index (χ1) is 10.1. The summed E-state index contributed by atoms with van der Waals surface area (Å²) in [6.45, 7) is 0. The van der Waals surface area contributed by atoms with Crippen LogP contribution in [0.25, 0.3) is 0 Å². The second kappa shape index (κ2) is 7.48. The van der Waals surface area contributed by atoms with Crippen LogP contribution >= 0.6 is 39.0 Å². The molecule has 2 amide bonds. The van der Waals surface area contributed by atoms with E-state index in [1.54, 1.807) is 23.6 Å². The van der Waals surface area contributed by atoms with Gasteiger partial charge in [-0.25, -0.2) is 0 Å². The highest BCUT2D eigenvalue weighted by molar-refractivity contribution is 9.10. The Labute approximate surface area is 138 Å². The van der Waals surface area contributed by atoms with Gasteiger partial charge in [0.05, 0.1) is 10.6 Å². The lowest BCUT2D eigenvalue weighted by Crippen LogP contribution is -2.42. The second-order valence-corrected chi connectivity index (χ2v) is 6.83. The average molecular weight is 386 g/mol. The molecule has 0 saturated heterocycles. The first-order valence-electron chi connectivity index (χ1n) is 5.87. The Hall–Kier alpha value is -1.51. The Morgan fingerprint density at radius 2 is 2.10 bits per heavy atom. The number of carbonyl (C=O) groups excluding carboxylic acids is 2. The third-order valence-electron chi connectivity index (χ3n) is 2.39. The molecular weight excluding hydrogens is 374 g/mol. The summed E-state index contributed by atoms with van der Waals surface area (Å²) < 4.78 is 0.894. The molecule has 0 unspecified atom stereocenters. The second-order valence-electron chi connectivity index (χ2n) is 3.95. The van der Waals surface area contributed by atoms with Gasteiger partial charge in [0.1, 0.15) is 0 Å². The first kappa shape index (κ1) is 15.9. The fourth-order valence-corrected chi connectivity index (χ4v) is 3.34. The summed E-state index contributed by atoms with van der Waals surface area (Å²) in [4.78, 5) is 24.7. The normalized spacial score (nSPS) is 10.1. The van der Waals surface area contributed by atoms with Crippen molar-refractivity contribution in [3.05, 3.63) is 45.1 Å². The third-order valence-corrected chi connectivity index (χ3v) is 4.83. The van der Waals surface area contributed by atoms with Crippen molar-refractivity contribution in [3.63, 3.8) is 0 Å². The van der Waals surface area contributed by atoms with E-state index in [0.29, 0.717) is 10.6 Å². The number of amides is 2. The molecule has 0 atom stereocenters. The van der Waals surface area contributed by atoms with E-state index in [1.807, 2.05) is 12.1 Å². The first-order valence-corrected chi connectivity index (χ1v) is 8.52. The smallest absolute Gasteiger partial charge is 0.279 e. The van der Waals surface area contributed by atoms with Crippen LogP contribution in [0.3, 0.4) is 0 Å². The lowest BCUT2D eigenvalue weighted by Gasteiger charge is -2.08. The molecule has 0 spiro atoms. The number of benzene rings is 1.